The number of fused-ring (bicyclic) bond motifs is 1. The van der Waals surface area contributed by atoms with Gasteiger partial charge in [0.05, 0.1) is 0 Å². The minimum absolute atomic E-state index is 0.545. The maximum Gasteiger partial charge on any atom is 0.124 e. The van der Waals surface area contributed by atoms with Crippen molar-refractivity contribution in [1.82, 2.24) is 5.32 Å². The summed E-state index contributed by atoms with van der Waals surface area (Å²) in [6, 6.07) is 21.3. The fraction of sp³-hybridized carbons (Fsp3) is 0.217. The number of hydrogen-bond acceptors (Lipinski definition) is 2. The van der Waals surface area contributed by atoms with E-state index in [-0.39, 0.29) is 0 Å². The second kappa shape index (κ2) is 8.00. The molecule has 3 aromatic carbocycles. The lowest BCUT2D eigenvalue weighted by Crippen LogP contribution is -2.14. The van der Waals surface area contributed by atoms with Gasteiger partial charge in [0.2, 0.25) is 0 Å². The van der Waals surface area contributed by atoms with Crippen molar-refractivity contribution in [3.8, 4) is 5.75 Å². The smallest absolute Gasteiger partial charge is 0.124 e. The maximum absolute atomic E-state index is 5.99. The molecule has 25 heavy (non-hydrogen) atoms. The molecule has 0 unspecified atom stereocenters. The number of benzene rings is 3. The van der Waals surface area contributed by atoms with Crippen LogP contribution in [0.15, 0.2) is 72.8 Å². The van der Waals surface area contributed by atoms with Crippen LogP contribution in [0.3, 0.4) is 0 Å². The van der Waals surface area contributed by atoms with Crippen LogP contribution in [0.25, 0.3) is 10.8 Å². The molecule has 0 aliphatic carbocycles. The van der Waals surface area contributed by atoms with Crippen LogP contribution in [0.4, 0.5) is 0 Å². The van der Waals surface area contributed by atoms with Gasteiger partial charge in [-0.3, -0.25) is 0 Å². The molecular formula is C23H25NO. The van der Waals surface area contributed by atoms with Crippen LogP contribution in [-0.2, 0) is 13.1 Å². The Bertz CT molecular complexity index is 865. The van der Waals surface area contributed by atoms with Crippen molar-refractivity contribution < 1.29 is 4.74 Å². The van der Waals surface area contributed by atoms with Crippen molar-refractivity contribution in [3.63, 3.8) is 0 Å². The number of rotatable bonds is 7. The van der Waals surface area contributed by atoms with Gasteiger partial charge in [0.1, 0.15) is 12.4 Å². The normalized spacial score (nSPS) is 10.8. The van der Waals surface area contributed by atoms with Gasteiger partial charge in [-0.25, -0.2) is 0 Å². The van der Waals surface area contributed by atoms with Crippen molar-refractivity contribution >= 4 is 10.8 Å². The Morgan fingerprint density at radius 1 is 0.960 bits per heavy atom. The molecule has 0 aromatic heterocycles. The number of aryl methyl sites for hydroxylation is 1. The van der Waals surface area contributed by atoms with E-state index in [1.54, 1.807) is 0 Å². The molecule has 0 radical (unpaired) electrons. The first-order valence-corrected chi connectivity index (χ1v) is 8.67. The third kappa shape index (κ3) is 4.49. The third-order valence-corrected chi connectivity index (χ3v) is 4.22. The van der Waals surface area contributed by atoms with Gasteiger partial charge in [-0.1, -0.05) is 66.7 Å². The third-order valence-electron chi connectivity index (χ3n) is 4.22. The van der Waals surface area contributed by atoms with Crippen LogP contribution >= 0.6 is 0 Å². The number of hydrogen-bond donors (Lipinski definition) is 1. The van der Waals surface area contributed by atoms with Crippen LogP contribution in [0.5, 0.6) is 5.75 Å². The van der Waals surface area contributed by atoms with E-state index in [1.807, 2.05) is 6.92 Å². The molecule has 0 heterocycles. The zero-order chi connectivity index (χ0) is 17.6. The molecule has 0 saturated heterocycles. The minimum Gasteiger partial charge on any atom is -0.489 e. The molecular weight excluding hydrogens is 306 g/mol. The summed E-state index contributed by atoms with van der Waals surface area (Å²) < 4.78 is 5.99. The van der Waals surface area contributed by atoms with Crippen LogP contribution < -0.4 is 10.1 Å². The van der Waals surface area contributed by atoms with Crippen LogP contribution in [-0.4, -0.2) is 6.61 Å². The largest absolute Gasteiger partial charge is 0.489 e. The maximum atomic E-state index is 5.99. The zero-order valence-corrected chi connectivity index (χ0v) is 15.0. The zero-order valence-electron chi connectivity index (χ0n) is 15.0. The van der Waals surface area contributed by atoms with Crippen LogP contribution in [0, 0.1) is 6.92 Å². The summed E-state index contributed by atoms with van der Waals surface area (Å²) in [5, 5.41) is 6.02. The van der Waals surface area contributed by atoms with Gasteiger partial charge >= 0.3 is 0 Å². The fourth-order valence-electron chi connectivity index (χ4n) is 2.87. The van der Waals surface area contributed by atoms with Crippen LogP contribution in [0.2, 0.25) is 0 Å². The lowest BCUT2D eigenvalue weighted by molar-refractivity contribution is 0.348. The molecule has 0 fully saturated rings. The van der Waals surface area contributed by atoms with Gasteiger partial charge in [0, 0.05) is 18.7 Å². The van der Waals surface area contributed by atoms with Crippen molar-refractivity contribution in [1.29, 1.82) is 0 Å². The Morgan fingerprint density at radius 3 is 2.48 bits per heavy atom. The molecule has 3 rings (SSSR count). The summed E-state index contributed by atoms with van der Waals surface area (Å²) in [7, 11) is 0. The van der Waals surface area contributed by atoms with E-state index in [0.29, 0.717) is 6.61 Å². The lowest BCUT2D eigenvalue weighted by Gasteiger charge is -2.15. The predicted molar refractivity (Wildman–Crippen MR) is 106 cm³/mol. The second-order valence-electron chi connectivity index (χ2n) is 6.60. The van der Waals surface area contributed by atoms with E-state index in [0.717, 1.165) is 24.4 Å². The fourth-order valence-corrected chi connectivity index (χ4v) is 2.87. The van der Waals surface area contributed by atoms with Crippen molar-refractivity contribution in [2.75, 3.05) is 6.61 Å². The first-order valence-electron chi connectivity index (χ1n) is 8.67. The van der Waals surface area contributed by atoms with Gasteiger partial charge in [-0.15, -0.1) is 0 Å². The highest BCUT2D eigenvalue weighted by Gasteiger charge is 2.09. The van der Waals surface area contributed by atoms with Gasteiger partial charge in [0.15, 0.2) is 0 Å². The highest BCUT2D eigenvalue weighted by molar-refractivity contribution is 5.87. The number of ether oxygens (including phenoxy) is 1. The van der Waals surface area contributed by atoms with E-state index in [1.165, 1.54) is 27.5 Å². The summed E-state index contributed by atoms with van der Waals surface area (Å²) in [6.07, 6.45) is 0. The first kappa shape index (κ1) is 17.2. The van der Waals surface area contributed by atoms with Crippen molar-refractivity contribution in [2.24, 2.45) is 0 Å². The first-order chi connectivity index (χ1) is 12.1. The molecule has 0 amide bonds. The Balaban J connectivity index is 1.80. The average Bonchev–Trinajstić information content (AvgIpc) is 2.62. The van der Waals surface area contributed by atoms with Gasteiger partial charge in [0.25, 0.3) is 0 Å². The predicted octanol–water partition coefficient (Wildman–Crippen LogP) is 5.39. The lowest BCUT2D eigenvalue weighted by atomic mass is 10.0. The summed E-state index contributed by atoms with van der Waals surface area (Å²) in [4.78, 5) is 0. The second-order valence-corrected chi connectivity index (χ2v) is 6.60. The average molecular weight is 331 g/mol. The SMILES string of the molecule is C=C(C)COc1ccc2ccccc2c1CNCc1ccc(C)cc1. The van der Waals surface area contributed by atoms with Crippen LogP contribution in [0.1, 0.15) is 23.6 Å². The van der Waals surface area contributed by atoms with Gasteiger partial charge in [-0.05, 0) is 41.8 Å². The summed E-state index contributed by atoms with van der Waals surface area (Å²) >= 11 is 0. The van der Waals surface area contributed by atoms with Gasteiger partial charge < -0.3 is 10.1 Å². The molecule has 1 N–H and O–H groups in total. The van der Waals surface area contributed by atoms with E-state index in [2.05, 4.69) is 79.5 Å². The monoisotopic (exact) mass is 331 g/mol. The summed E-state index contributed by atoms with van der Waals surface area (Å²) in [6.45, 7) is 10.2. The van der Waals surface area contributed by atoms with E-state index >= 15 is 0 Å². The molecule has 0 spiro atoms. The Kier molecular flexibility index (Phi) is 5.52. The van der Waals surface area contributed by atoms with Crippen molar-refractivity contribution in [3.05, 3.63) is 89.5 Å². The molecule has 2 nitrogen and oxygen atoms in total. The van der Waals surface area contributed by atoms with Crippen molar-refractivity contribution in [2.45, 2.75) is 26.9 Å². The van der Waals surface area contributed by atoms with E-state index in [4.69, 9.17) is 4.74 Å². The highest BCUT2D eigenvalue weighted by atomic mass is 16.5. The molecule has 0 aliphatic rings. The molecule has 3 aromatic rings. The Hall–Kier alpha value is -2.58. The topological polar surface area (TPSA) is 21.3 Å². The molecule has 0 saturated carbocycles. The van der Waals surface area contributed by atoms with E-state index < -0.39 is 0 Å². The number of nitrogens with one attached hydrogen (secondary N) is 1. The molecule has 128 valence electrons. The standard InChI is InChI=1S/C23H25NO/c1-17(2)16-25-23-13-12-20-6-4-5-7-21(20)22(23)15-24-14-19-10-8-18(3)9-11-19/h4-13,24H,1,14-16H2,2-3H3. The summed E-state index contributed by atoms with van der Waals surface area (Å²) in [5.74, 6) is 0.929. The summed E-state index contributed by atoms with van der Waals surface area (Å²) in [5.41, 5.74) is 4.79. The van der Waals surface area contributed by atoms with Gasteiger partial charge in [-0.2, -0.15) is 0 Å². The molecule has 0 atom stereocenters. The molecule has 0 bridgehead atoms. The Morgan fingerprint density at radius 2 is 1.72 bits per heavy atom. The molecule has 2 heteroatoms. The minimum atomic E-state index is 0.545. The van der Waals surface area contributed by atoms with E-state index in [9.17, 15) is 0 Å². The highest BCUT2D eigenvalue weighted by Crippen LogP contribution is 2.28. The molecule has 0 aliphatic heterocycles. The Labute approximate surface area is 150 Å². The quantitative estimate of drug-likeness (QED) is 0.586.